The van der Waals surface area contributed by atoms with Crippen LogP contribution in [0.4, 0.5) is 0 Å². The Morgan fingerprint density at radius 2 is 2.33 bits per heavy atom. The first kappa shape index (κ1) is 14.0. The average molecular weight is 289 g/mol. The molecule has 1 N–H and O–H groups in total. The van der Waals surface area contributed by atoms with Gasteiger partial charge in [-0.15, -0.1) is 0 Å². The molecule has 1 aliphatic rings. The van der Waals surface area contributed by atoms with Gasteiger partial charge in [-0.25, -0.2) is 4.98 Å². The zero-order valence-corrected chi connectivity index (χ0v) is 12.5. The molecule has 112 valence electrons. The van der Waals surface area contributed by atoms with E-state index in [9.17, 15) is 4.79 Å². The molecular formula is C15H19N3O3. The van der Waals surface area contributed by atoms with Crippen molar-refractivity contribution in [1.29, 1.82) is 0 Å². The van der Waals surface area contributed by atoms with Gasteiger partial charge in [0.25, 0.3) is 11.6 Å². The SMILES string of the molecule is COCC(C)NC(=O)c1cc(C2CC2)nc2onc(C)c12. The van der Waals surface area contributed by atoms with E-state index in [1.807, 2.05) is 19.9 Å². The third kappa shape index (κ3) is 2.76. The third-order valence-corrected chi connectivity index (χ3v) is 3.67. The molecule has 1 unspecified atom stereocenters. The van der Waals surface area contributed by atoms with Crippen LogP contribution in [0.2, 0.25) is 0 Å². The molecule has 3 rings (SSSR count). The van der Waals surface area contributed by atoms with E-state index in [1.54, 1.807) is 7.11 Å². The number of rotatable bonds is 5. The van der Waals surface area contributed by atoms with Crippen LogP contribution in [0.25, 0.3) is 11.1 Å². The smallest absolute Gasteiger partial charge is 0.259 e. The van der Waals surface area contributed by atoms with Gasteiger partial charge in [0.2, 0.25) is 0 Å². The van der Waals surface area contributed by atoms with Gasteiger partial charge in [0.05, 0.1) is 23.3 Å². The van der Waals surface area contributed by atoms with Crippen LogP contribution < -0.4 is 5.32 Å². The van der Waals surface area contributed by atoms with Crippen LogP contribution in [0.3, 0.4) is 0 Å². The number of aromatic nitrogens is 2. The number of aryl methyl sites for hydroxylation is 1. The lowest BCUT2D eigenvalue weighted by molar-refractivity contribution is 0.0907. The van der Waals surface area contributed by atoms with Crippen LogP contribution in [0.1, 0.15) is 47.4 Å². The molecule has 0 saturated heterocycles. The molecule has 0 radical (unpaired) electrons. The number of carbonyl (C=O) groups excluding carboxylic acids is 1. The maximum Gasteiger partial charge on any atom is 0.259 e. The Bertz CT molecular complexity index is 676. The maximum atomic E-state index is 12.5. The van der Waals surface area contributed by atoms with Crippen molar-refractivity contribution in [2.75, 3.05) is 13.7 Å². The van der Waals surface area contributed by atoms with Gasteiger partial charge >= 0.3 is 0 Å². The summed E-state index contributed by atoms with van der Waals surface area (Å²) in [6, 6.07) is 1.81. The summed E-state index contributed by atoms with van der Waals surface area (Å²) in [5.74, 6) is 0.308. The molecule has 0 bridgehead atoms. The second-order valence-electron chi connectivity index (χ2n) is 5.65. The van der Waals surface area contributed by atoms with Gasteiger partial charge in [-0.2, -0.15) is 0 Å². The van der Waals surface area contributed by atoms with Crippen molar-refractivity contribution in [3.8, 4) is 0 Å². The van der Waals surface area contributed by atoms with Gasteiger partial charge in [0, 0.05) is 24.8 Å². The van der Waals surface area contributed by atoms with E-state index < -0.39 is 0 Å². The predicted molar refractivity (Wildman–Crippen MR) is 77.3 cm³/mol. The molecule has 6 nitrogen and oxygen atoms in total. The van der Waals surface area contributed by atoms with Gasteiger partial charge in [-0.3, -0.25) is 4.79 Å². The number of ether oxygens (including phenoxy) is 1. The van der Waals surface area contributed by atoms with Gasteiger partial charge in [0.1, 0.15) is 0 Å². The fourth-order valence-electron chi connectivity index (χ4n) is 2.47. The number of nitrogens with zero attached hydrogens (tertiary/aromatic N) is 2. The highest BCUT2D eigenvalue weighted by Gasteiger charge is 2.28. The van der Waals surface area contributed by atoms with Crippen LogP contribution in [-0.4, -0.2) is 35.8 Å². The first-order valence-corrected chi connectivity index (χ1v) is 7.17. The highest BCUT2D eigenvalue weighted by Crippen LogP contribution is 2.40. The van der Waals surface area contributed by atoms with E-state index in [4.69, 9.17) is 9.26 Å². The maximum absolute atomic E-state index is 12.5. The Hall–Kier alpha value is -1.95. The lowest BCUT2D eigenvalue weighted by Gasteiger charge is -2.13. The Morgan fingerprint density at radius 3 is 3.00 bits per heavy atom. The molecule has 0 aromatic carbocycles. The molecule has 1 atom stereocenters. The number of amides is 1. The predicted octanol–water partition coefficient (Wildman–Crippen LogP) is 2.17. The summed E-state index contributed by atoms with van der Waals surface area (Å²) in [5.41, 5.74) is 2.64. The normalized spacial score (nSPS) is 16.1. The number of fused-ring (bicyclic) bond motifs is 1. The van der Waals surface area contributed by atoms with Gasteiger partial charge < -0.3 is 14.6 Å². The minimum atomic E-state index is -0.139. The summed E-state index contributed by atoms with van der Waals surface area (Å²) in [7, 11) is 1.61. The second kappa shape index (κ2) is 5.44. The quantitative estimate of drug-likeness (QED) is 0.912. The summed E-state index contributed by atoms with van der Waals surface area (Å²) in [5, 5.41) is 7.56. The Morgan fingerprint density at radius 1 is 1.57 bits per heavy atom. The molecule has 1 fully saturated rings. The third-order valence-electron chi connectivity index (χ3n) is 3.67. The number of carbonyl (C=O) groups is 1. The van der Waals surface area contributed by atoms with Crippen LogP contribution >= 0.6 is 0 Å². The largest absolute Gasteiger partial charge is 0.383 e. The topological polar surface area (TPSA) is 77.2 Å². The monoisotopic (exact) mass is 289 g/mol. The molecule has 0 spiro atoms. The van der Waals surface area contributed by atoms with Gasteiger partial charge in [-0.1, -0.05) is 5.16 Å². The fraction of sp³-hybridized carbons (Fsp3) is 0.533. The van der Waals surface area contributed by atoms with Crippen molar-refractivity contribution in [2.24, 2.45) is 0 Å². The summed E-state index contributed by atoms with van der Waals surface area (Å²) >= 11 is 0. The second-order valence-corrected chi connectivity index (χ2v) is 5.65. The molecule has 1 aliphatic carbocycles. The van der Waals surface area contributed by atoms with E-state index in [1.165, 1.54) is 0 Å². The van der Waals surface area contributed by atoms with Gasteiger partial charge in [-0.05, 0) is 32.8 Å². The van der Waals surface area contributed by atoms with Crippen LogP contribution in [0.15, 0.2) is 10.6 Å². The molecule has 1 saturated carbocycles. The number of nitrogens with one attached hydrogen (secondary N) is 1. The minimum Gasteiger partial charge on any atom is -0.383 e. The zero-order valence-electron chi connectivity index (χ0n) is 12.5. The van der Waals surface area contributed by atoms with Crippen LogP contribution in [0.5, 0.6) is 0 Å². The summed E-state index contributed by atoms with van der Waals surface area (Å²) in [4.78, 5) is 17.0. The highest BCUT2D eigenvalue weighted by atomic mass is 16.5. The number of hydrogen-bond donors (Lipinski definition) is 1. The zero-order chi connectivity index (χ0) is 15.0. The van der Waals surface area contributed by atoms with E-state index in [-0.39, 0.29) is 11.9 Å². The molecule has 2 aromatic rings. The number of hydrogen-bond acceptors (Lipinski definition) is 5. The molecule has 1 amide bonds. The van der Waals surface area contributed by atoms with Crippen molar-refractivity contribution >= 4 is 17.0 Å². The first-order valence-electron chi connectivity index (χ1n) is 7.17. The van der Waals surface area contributed by atoms with Crippen molar-refractivity contribution in [3.63, 3.8) is 0 Å². The molecule has 6 heteroatoms. The molecule has 2 heterocycles. The Balaban J connectivity index is 1.98. The van der Waals surface area contributed by atoms with E-state index >= 15 is 0 Å². The summed E-state index contributed by atoms with van der Waals surface area (Å²) < 4.78 is 10.3. The summed E-state index contributed by atoms with van der Waals surface area (Å²) in [6.07, 6.45) is 2.24. The Labute approximate surface area is 122 Å². The molecule has 21 heavy (non-hydrogen) atoms. The number of methoxy groups -OCH3 is 1. The molecule has 0 aliphatic heterocycles. The molecule has 2 aromatic heterocycles. The van der Waals surface area contributed by atoms with Crippen LogP contribution in [-0.2, 0) is 4.74 Å². The van der Waals surface area contributed by atoms with E-state index in [2.05, 4.69) is 15.5 Å². The minimum absolute atomic E-state index is 0.0599. The molecular weight excluding hydrogens is 270 g/mol. The van der Waals surface area contributed by atoms with Crippen molar-refractivity contribution in [3.05, 3.63) is 23.0 Å². The lowest BCUT2D eigenvalue weighted by atomic mass is 10.1. The van der Waals surface area contributed by atoms with Gasteiger partial charge in [0.15, 0.2) is 0 Å². The van der Waals surface area contributed by atoms with E-state index in [0.29, 0.717) is 34.9 Å². The van der Waals surface area contributed by atoms with Crippen molar-refractivity contribution in [1.82, 2.24) is 15.5 Å². The van der Waals surface area contributed by atoms with E-state index in [0.717, 1.165) is 18.5 Å². The van der Waals surface area contributed by atoms with Crippen molar-refractivity contribution < 1.29 is 14.1 Å². The standard InChI is InChI=1S/C15H19N3O3/c1-8(7-20-3)16-14(19)11-6-12(10-4-5-10)17-15-13(11)9(2)18-21-15/h6,8,10H,4-5,7H2,1-3H3,(H,16,19). The average Bonchev–Trinajstić information content (AvgIpc) is 3.23. The fourth-order valence-corrected chi connectivity index (χ4v) is 2.47. The highest BCUT2D eigenvalue weighted by molar-refractivity contribution is 6.06. The van der Waals surface area contributed by atoms with Crippen molar-refractivity contribution in [2.45, 2.75) is 38.6 Å². The lowest BCUT2D eigenvalue weighted by Crippen LogP contribution is -2.35. The number of pyridine rings is 1. The first-order chi connectivity index (χ1) is 10.1. The summed E-state index contributed by atoms with van der Waals surface area (Å²) in [6.45, 7) is 4.19. The Kier molecular flexibility index (Phi) is 3.63. The van der Waals surface area contributed by atoms with Crippen LogP contribution in [0, 0.1) is 6.92 Å².